The highest BCUT2D eigenvalue weighted by Gasteiger charge is 2.54. The van der Waals surface area contributed by atoms with Gasteiger partial charge in [0.25, 0.3) is 11.8 Å². The van der Waals surface area contributed by atoms with Crippen molar-refractivity contribution >= 4 is 40.4 Å². The largest absolute Gasteiger partial charge is 0.497 e. The van der Waals surface area contributed by atoms with E-state index in [4.69, 9.17) is 4.74 Å². The third-order valence-electron chi connectivity index (χ3n) is 8.65. The minimum absolute atomic E-state index is 0.122. The number of aliphatic carboxylic acids is 1. The lowest BCUT2D eigenvalue weighted by Crippen LogP contribution is -2.44. The number of aromatic nitrogens is 1. The number of carbonyl (C=O) groups excluding carboxylic acids is 3. The first kappa shape index (κ1) is 25.8. The lowest BCUT2D eigenvalue weighted by molar-refractivity contribution is -0.141. The second kappa shape index (κ2) is 9.76. The molecule has 212 valence electrons. The number of nitrogens with one attached hydrogen (secondary N) is 1. The maximum atomic E-state index is 14.3. The molecule has 2 saturated heterocycles. The van der Waals surface area contributed by atoms with Crippen LogP contribution in [-0.4, -0.2) is 69.4 Å². The topological polar surface area (TPSA) is 123 Å². The van der Waals surface area contributed by atoms with E-state index in [1.54, 1.807) is 36.3 Å². The zero-order valence-corrected chi connectivity index (χ0v) is 22.8. The standard InChI is InChI=1S/C32H28N4O6/c1-42-19-14-12-18(13-15-19)28-27-22(20-7-2-4-9-23(20)33-27)17-26-30(38)36(32(41)35(26)28)24-10-5-3-8-21(24)29(37)34-16-6-11-25(34)31(39)40/h2-5,7-10,12-15,25-26,28,33H,6,11,16-17H2,1H3,(H,39,40)/t25-,26+,28+/m1/s1. The average Bonchev–Trinajstić information content (AvgIpc) is 3.71. The summed E-state index contributed by atoms with van der Waals surface area (Å²) >= 11 is 0. The van der Waals surface area contributed by atoms with Crippen molar-refractivity contribution in [2.24, 2.45) is 0 Å². The Bertz CT molecular complexity index is 1760. The summed E-state index contributed by atoms with van der Waals surface area (Å²) in [7, 11) is 1.58. The van der Waals surface area contributed by atoms with Crippen molar-refractivity contribution in [3.63, 3.8) is 0 Å². The van der Waals surface area contributed by atoms with Crippen molar-refractivity contribution in [2.45, 2.75) is 37.4 Å². The monoisotopic (exact) mass is 564 g/mol. The Hall–Kier alpha value is -5.12. The summed E-state index contributed by atoms with van der Waals surface area (Å²) in [6.45, 7) is 0.294. The minimum Gasteiger partial charge on any atom is -0.497 e. The number of aromatic amines is 1. The molecule has 0 unspecified atom stereocenters. The number of carboxylic acids is 1. The van der Waals surface area contributed by atoms with Crippen LogP contribution in [0.4, 0.5) is 10.5 Å². The average molecular weight is 565 g/mol. The number of H-pyrrole nitrogens is 1. The molecule has 0 radical (unpaired) electrons. The summed E-state index contributed by atoms with van der Waals surface area (Å²) < 4.78 is 5.35. The van der Waals surface area contributed by atoms with Crippen molar-refractivity contribution in [3.05, 3.63) is 95.2 Å². The highest BCUT2D eigenvalue weighted by atomic mass is 16.5. The van der Waals surface area contributed by atoms with E-state index < -0.39 is 41.9 Å². The molecule has 0 spiro atoms. The fraction of sp³-hybridized carbons (Fsp3) is 0.250. The fourth-order valence-corrected chi connectivity index (χ4v) is 6.70. The number of carboxylic acid groups (broad SMARTS) is 1. The van der Waals surface area contributed by atoms with Crippen molar-refractivity contribution in [3.8, 4) is 5.75 Å². The molecule has 0 saturated carbocycles. The number of likely N-dealkylation sites (tertiary alicyclic amines) is 1. The molecule has 3 aliphatic rings. The second-order valence-corrected chi connectivity index (χ2v) is 10.8. The van der Waals surface area contributed by atoms with Crippen molar-refractivity contribution in [1.29, 1.82) is 0 Å². The molecular formula is C32H28N4O6. The van der Waals surface area contributed by atoms with Crippen LogP contribution in [0.25, 0.3) is 10.9 Å². The van der Waals surface area contributed by atoms with Gasteiger partial charge in [0.2, 0.25) is 0 Å². The number of anilines is 1. The fourth-order valence-electron chi connectivity index (χ4n) is 6.70. The molecule has 4 amide bonds. The normalized spacial score (nSPS) is 21.5. The second-order valence-electron chi connectivity index (χ2n) is 10.8. The molecular weight excluding hydrogens is 536 g/mol. The number of imide groups is 1. The predicted molar refractivity (Wildman–Crippen MR) is 153 cm³/mol. The number of carbonyl (C=O) groups is 4. The number of para-hydroxylation sites is 2. The third kappa shape index (κ3) is 3.78. The van der Waals surface area contributed by atoms with Gasteiger partial charge in [0, 0.05) is 29.6 Å². The van der Waals surface area contributed by atoms with Gasteiger partial charge in [-0.3, -0.25) is 14.5 Å². The Labute approximate surface area is 241 Å². The zero-order chi connectivity index (χ0) is 29.1. The number of rotatable bonds is 5. The van der Waals surface area contributed by atoms with E-state index in [-0.39, 0.29) is 11.3 Å². The predicted octanol–water partition coefficient (Wildman–Crippen LogP) is 4.35. The molecule has 3 atom stereocenters. The maximum Gasteiger partial charge on any atom is 0.332 e. The minimum atomic E-state index is -1.07. The number of hydrogen-bond acceptors (Lipinski definition) is 5. The summed E-state index contributed by atoms with van der Waals surface area (Å²) in [6.07, 6.45) is 1.24. The van der Waals surface area contributed by atoms with Crippen molar-refractivity contribution in [2.75, 3.05) is 18.6 Å². The van der Waals surface area contributed by atoms with E-state index >= 15 is 0 Å². The lowest BCUT2D eigenvalue weighted by Gasteiger charge is -2.36. The molecule has 3 aromatic carbocycles. The van der Waals surface area contributed by atoms with Gasteiger partial charge >= 0.3 is 12.0 Å². The van der Waals surface area contributed by atoms with Crippen LogP contribution in [0.15, 0.2) is 72.8 Å². The van der Waals surface area contributed by atoms with Crippen LogP contribution < -0.4 is 9.64 Å². The Morgan fingerprint density at radius 1 is 0.976 bits per heavy atom. The highest BCUT2D eigenvalue weighted by Crippen LogP contribution is 2.45. The Balaban J connectivity index is 1.33. The van der Waals surface area contributed by atoms with Gasteiger partial charge in [0.05, 0.1) is 18.4 Å². The van der Waals surface area contributed by atoms with Gasteiger partial charge in [-0.1, -0.05) is 42.5 Å². The number of urea groups is 1. The number of fused-ring (bicyclic) bond motifs is 4. The zero-order valence-electron chi connectivity index (χ0n) is 22.8. The molecule has 7 rings (SSSR count). The van der Waals surface area contributed by atoms with Crippen molar-refractivity contribution < 1.29 is 29.0 Å². The molecule has 0 aliphatic carbocycles. The van der Waals surface area contributed by atoms with Crippen LogP contribution in [0.5, 0.6) is 5.75 Å². The van der Waals surface area contributed by atoms with Crippen molar-refractivity contribution in [1.82, 2.24) is 14.8 Å². The van der Waals surface area contributed by atoms with Gasteiger partial charge in [-0.2, -0.15) is 0 Å². The van der Waals surface area contributed by atoms with Gasteiger partial charge in [-0.15, -0.1) is 0 Å². The first-order valence-corrected chi connectivity index (χ1v) is 13.9. The molecule has 2 N–H and O–H groups in total. The summed E-state index contributed by atoms with van der Waals surface area (Å²) in [4.78, 5) is 61.5. The summed E-state index contributed by atoms with van der Waals surface area (Å²) in [5.41, 5.74) is 3.82. The quantitative estimate of drug-likeness (QED) is 0.348. The van der Waals surface area contributed by atoms with Crippen LogP contribution in [0.2, 0.25) is 0 Å². The maximum absolute atomic E-state index is 14.3. The van der Waals surface area contributed by atoms with Crippen LogP contribution in [0.1, 0.15) is 46.1 Å². The van der Waals surface area contributed by atoms with E-state index in [1.807, 2.05) is 48.5 Å². The number of methoxy groups -OCH3 is 1. The van der Waals surface area contributed by atoms with Crippen LogP contribution in [0.3, 0.4) is 0 Å². The van der Waals surface area contributed by atoms with Gasteiger partial charge < -0.3 is 19.7 Å². The molecule has 4 aromatic rings. The summed E-state index contributed by atoms with van der Waals surface area (Å²) in [5, 5.41) is 10.7. The van der Waals surface area contributed by atoms with E-state index in [0.717, 1.165) is 32.6 Å². The van der Waals surface area contributed by atoms with E-state index in [0.29, 0.717) is 31.6 Å². The molecule has 10 nitrogen and oxygen atoms in total. The van der Waals surface area contributed by atoms with Crippen LogP contribution in [-0.2, 0) is 16.0 Å². The molecule has 10 heteroatoms. The van der Waals surface area contributed by atoms with Crippen LogP contribution >= 0.6 is 0 Å². The SMILES string of the molecule is COc1ccc([C@H]2c3[nH]c4ccccc4c3C[C@H]3C(=O)N(c4ccccc4C(=O)N4CCC[C@@H]4C(=O)O)C(=O)N23)cc1. The smallest absolute Gasteiger partial charge is 0.332 e. The van der Waals surface area contributed by atoms with Gasteiger partial charge in [0.1, 0.15) is 23.9 Å². The summed E-state index contributed by atoms with van der Waals surface area (Å²) in [6, 6.07) is 18.9. The first-order chi connectivity index (χ1) is 20.4. The Morgan fingerprint density at radius 3 is 2.48 bits per heavy atom. The number of nitrogens with zero attached hydrogens (tertiary/aromatic N) is 3. The molecule has 1 aromatic heterocycles. The molecule has 3 aliphatic heterocycles. The lowest BCUT2D eigenvalue weighted by atomic mass is 9.89. The third-order valence-corrected chi connectivity index (χ3v) is 8.65. The van der Waals surface area contributed by atoms with E-state index in [9.17, 15) is 24.3 Å². The highest BCUT2D eigenvalue weighted by molar-refractivity contribution is 6.24. The Morgan fingerprint density at radius 2 is 1.71 bits per heavy atom. The van der Waals surface area contributed by atoms with E-state index in [1.165, 1.54) is 4.90 Å². The van der Waals surface area contributed by atoms with Crippen LogP contribution in [0, 0.1) is 0 Å². The summed E-state index contributed by atoms with van der Waals surface area (Å²) in [5.74, 6) is -1.34. The molecule has 4 heterocycles. The number of benzene rings is 3. The molecule has 2 fully saturated rings. The van der Waals surface area contributed by atoms with Gasteiger partial charge in [-0.05, 0) is 54.3 Å². The number of ether oxygens (including phenoxy) is 1. The molecule has 0 bridgehead atoms. The number of hydrogen-bond donors (Lipinski definition) is 2. The molecule has 42 heavy (non-hydrogen) atoms. The Kier molecular flexibility index (Phi) is 6.00. The van der Waals surface area contributed by atoms with E-state index in [2.05, 4.69) is 4.98 Å². The van der Waals surface area contributed by atoms with Gasteiger partial charge in [-0.25, -0.2) is 14.5 Å². The van der Waals surface area contributed by atoms with Gasteiger partial charge in [0.15, 0.2) is 0 Å². The first-order valence-electron chi connectivity index (χ1n) is 13.9. The number of amides is 4.